The summed E-state index contributed by atoms with van der Waals surface area (Å²) in [5.41, 5.74) is 5.00. The van der Waals surface area contributed by atoms with Gasteiger partial charge in [-0.25, -0.2) is 4.39 Å². The van der Waals surface area contributed by atoms with Gasteiger partial charge in [0.1, 0.15) is 5.67 Å². The minimum absolute atomic E-state index is 0.103. The number of hydrogen-bond donors (Lipinski definition) is 1. The third kappa shape index (κ3) is 2.58. The number of hydrogen-bond acceptors (Lipinski definition) is 1. The first-order valence-electron chi connectivity index (χ1n) is 6.94. The summed E-state index contributed by atoms with van der Waals surface area (Å²) < 4.78 is 15.0. The van der Waals surface area contributed by atoms with E-state index in [2.05, 4.69) is 13.8 Å². The molecule has 2 fully saturated rings. The van der Waals surface area contributed by atoms with Gasteiger partial charge >= 0.3 is 0 Å². The van der Waals surface area contributed by atoms with Crippen LogP contribution in [0.15, 0.2) is 0 Å². The molecule has 2 heteroatoms. The Balaban J connectivity index is 2.04. The van der Waals surface area contributed by atoms with Crippen molar-refractivity contribution in [3.05, 3.63) is 0 Å². The predicted octanol–water partition coefficient (Wildman–Crippen LogP) is 3.67. The van der Waals surface area contributed by atoms with Gasteiger partial charge in [-0.15, -0.1) is 0 Å². The largest absolute Gasteiger partial charge is 0.328 e. The Morgan fingerprint density at radius 2 is 1.75 bits per heavy atom. The lowest BCUT2D eigenvalue weighted by molar-refractivity contribution is -0.00757. The van der Waals surface area contributed by atoms with Gasteiger partial charge in [-0.1, -0.05) is 13.8 Å². The van der Waals surface area contributed by atoms with Crippen molar-refractivity contribution in [3.8, 4) is 0 Å². The molecule has 2 N–H and O–H groups in total. The Morgan fingerprint density at radius 1 is 1.12 bits per heavy atom. The quantitative estimate of drug-likeness (QED) is 0.726. The maximum Gasteiger partial charge on any atom is 0.115 e. The van der Waals surface area contributed by atoms with Gasteiger partial charge in [-0.05, 0) is 62.7 Å². The molecule has 0 bridgehead atoms. The highest BCUT2D eigenvalue weighted by molar-refractivity contribution is 4.96. The smallest absolute Gasteiger partial charge is 0.115 e. The van der Waals surface area contributed by atoms with Crippen LogP contribution in [0.2, 0.25) is 0 Å². The summed E-state index contributed by atoms with van der Waals surface area (Å²) in [6.45, 7) is 4.55. The van der Waals surface area contributed by atoms with Crippen LogP contribution in [0.25, 0.3) is 0 Å². The third-order valence-corrected chi connectivity index (χ3v) is 4.68. The SMILES string of the molecule is CC1CC(C)CC(C2(F)CCCC(N)C2)C1. The molecule has 0 spiro atoms. The molecule has 1 nitrogen and oxygen atoms in total. The predicted molar refractivity (Wildman–Crippen MR) is 66.0 cm³/mol. The molecule has 0 aromatic heterocycles. The highest BCUT2D eigenvalue weighted by atomic mass is 19.1. The van der Waals surface area contributed by atoms with Crippen LogP contribution in [-0.2, 0) is 0 Å². The molecule has 2 aliphatic rings. The van der Waals surface area contributed by atoms with E-state index in [9.17, 15) is 4.39 Å². The Morgan fingerprint density at radius 3 is 2.31 bits per heavy atom. The fourth-order valence-corrected chi connectivity index (χ4v) is 4.04. The van der Waals surface area contributed by atoms with Gasteiger partial charge in [-0.2, -0.15) is 0 Å². The fraction of sp³-hybridized carbons (Fsp3) is 1.00. The van der Waals surface area contributed by atoms with E-state index in [4.69, 9.17) is 5.73 Å². The number of alkyl halides is 1. The Labute approximate surface area is 99.0 Å². The maximum atomic E-state index is 15.0. The van der Waals surface area contributed by atoms with Gasteiger partial charge in [-0.3, -0.25) is 0 Å². The van der Waals surface area contributed by atoms with E-state index >= 15 is 0 Å². The molecule has 16 heavy (non-hydrogen) atoms. The molecule has 2 rings (SSSR count). The average Bonchev–Trinajstić information content (AvgIpc) is 2.15. The van der Waals surface area contributed by atoms with Crippen molar-refractivity contribution in [1.29, 1.82) is 0 Å². The topological polar surface area (TPSA) is 26.0 Å². The molecule has 0 amide bonds. The second kappa shape index (κ2) is 4.64. The van der Waals surface area contributed by atoms with Crippen molar-refractivity contribution in [2.75, 3.05) is 0 Å². The lowest BCUT2D eigenvalue weighted by Gasteiger charge is -2.44. The van der Waals surface area contributed by atoms with E-state index in [-0.39, 0.29) is 12.0 Å². The standard InChI is InChI=1S/C14H26FN/c1-10-6-11(2)8-12(7-10)14(15)5-3-4-13(16)9-14/h10-13H,3-9,16H2,1-2H3. The van der Waals surface area contributed by atoms with Crippen LogP contribution in [0.1, 0.15) is 58.8 Å². The lowest BCUT2D eigenvalue weighted by Crippen LogP contribution is -2.45. The van der Waals surface area contributed by atoms with E-state index in [1.807, 2.05) is 0 Å². The van der Waals surface area contributed by atoms with Crippen LogP contribution in [0.5, 0.6) is 0 Å². The number of rotatable bonds is 1. The minimum atomic E-state index is -0.944. The van der Waals surface area contributed by atoms with Gasteiger partial charge < -0.3 is 5.73 Å². The van der Waals surface area contributed by atoms with Gasteiger partial charge in [0.15, 0.2) is 0 Å². The molecule has 0 radical (unpaired) electrons. The summed E-state index contributed by atoms with van der Waals surface area (Å²) in [6.07, 6.45) is 6.79. The summed E-state index contributed by atoms with van der Waals surface area (Å²) in [6, 6.07) is 0.103. The van der Waals surface area contributed by atoms with Crippen molar-refractivity contribution >= 4 is 0 Å². The summed E-state index contributed by atoms with van der Waals surface area (Å²) in [5.74, 6) is 1.66. The van der Waals surface area contributed by atoms with Crippen molar-refractivity contribution in [1.82, 2.24) is 0 Å². The van der Waals surface area contributed by atoms with Gasteiger partial charge in [0.2, 0.25) is 0 Å². The van der Waals surface area contributed by atoms with E-state index in [0.29, 0.717) is 18.3 Å². The molecule has 0 aromatic carbocycles. The summed E-state index contributed by atoms with van der Waals surface area (Å²) in [4.78, 5) is 0. The van der Waals surface area contributed by atoms with Crippen molar-refractivity contribution in [2.24, 2.45) is 23.5 Å². The highest BCUT2D eigenvalue weighted by Gasteiger charge is 2.44. The first-order chi connectivity index (χ1) is 7.49. The Hall–Kier alpha value is -0.110. The van der Waals surface area contributed by atoms with E-state index < -0.39 is 5.67 Å². The fourth-order valence-electron chi connectivity index (χ4n) is 4.04. The average molecular weight is 227 g/mol. The molecule has 4 unspecified atom stereocenters. The van der Waals surface area contributed by atoms with Crippen LogP contribution in [-0.4, -0.2) is 11.7 Å². The van der Waals surface area contributed by atoms with Crippen molar-refractivity contribution < 1.29 is 4.39 Å². The second-order valence-corrected chi connectivity index (χ2v) is 6.51. The monoisotopic (exact) mass is 227 g/mol. The first-order valence-corrected chi connectivity index (χ1v) is 6.94. The van der Waals surface area contributed by atoms with E-state index in [1.54, 1.807) is 0 Å². The number of halogens is 1. The molecule has 4 atom stereocenters. The van der Waals surface area contributed by atoms with Crippen molar-refractivity contribution in [2.45, 2.75) is 70.5 Å². The van der Waals surface area contributed by atoms with Gasteiger partial charge in [0.25, 0.3) is 0 Å². The van der Waals surface area contributed by atoms with Crippen molar-refractivity contribution in [3.63, 3.8) is 0 Å². The molecule has 0 aromatic rings. The zero-order chi connectivity index (χ0) is 11.8. The van der Waals surface area contributed by atoms with Crippen LogP contribution in [0.3, 0.4) is 0 Å². The maximum absolute atomic E-state index is 15.0. The third-order valence-electron chi connectivity index (χ3n) is 4.68. The lowest BCUT2D eigenvalue weighted by atomic mass is 9.65. The van der Waals surface area contributed by atoms with Gasteiger partial charge in [0, 0.05) is 6.04 Å². The summed E-state index contributed by atoms with van der Waals surface area (Å²) in [5, 5.41) is 0. The molecule has 0 heterocycles. The molecular weight excluding hydrogens is 201 g/mol. The summed E-state index contributed by atoms with van der Waals surface area (Å²) in [7, 11) is 0. The summed E-state index contributed by atoms with van der Waals surface area (Å²) >= 11 is 0. The van der Waals surface area contributed by atoms with E-state index in [0.717, 1.165) is 32.1 Å². The first kappa shape index (κ1) is 12.3. The van der Waals surface area contributed by atoms with Crippen LogP contribution in [0.4, 0.5) is 4.39 Å². The highest BCUT2D eigenvalue weighted by Crippen LogP contribution is 2.46. The molecule has 2 aliphatic carbocycles. The van der Waals surface area contributed by atoms with E-state index in [1.165, 1.54) is 6.42 Å². The number of nitrogens with two attached hydrogens (primary N) is 1. The Kier molecular flexibility index (Phi) is 3.58. The minimum Gasteiger partial charge on any atom is -0.328 e. The molecule has 2 saturated carbocycles. The zero-order valence-electron chi connectivity index (χ0n) is 10.7. The van der Waals surface area contributed by atoms with Crippen LogP contribution < -0.4 is 5.73 Å². The molecule has 0 aliphatic heterocycles. The molecule has 0 saturated heterocycles. The second-order valence-electron chi connectivity index (χ2n) is 6.51. The zero-order valence-corrected chi connectivity index (χ0v) is 10.7. The Bertz CT molecular complexity index is 233. The van der Waals surface area contributed by atoms with Crippen LogP contribution in [0, 0.1) is 17.8 Å². The van der Waals surface area contributed by atoms with Gasteiger partial charge in [0.05, 0.1) is 0 Å². The van der Waals surface area contributed by atoms with Crippen LogP contribution >= 0.6 is 0 Å². The molecular formula is C14H26FN. The molecule has 94 valence electrons. The normalized spacial score (nSPS) is 50.2.